The topological polar surface area (TPSA) is 44.1 Å². The zero-order valence-corrected chi connectivity index (χ0v) is 11.2. The maximum atomic E-state index is 13.0. The number of anilines is 1. The Kier molecular flexibility index (Phi) is 3.16. The predicted molar refractivity (Wildman–Crippen MR) is 69.7 cm³/mol. The molecule has 6 heteroatoms. The van der Waals surface area contributed by atoms with Gasteiger partial charge in [-0.3, -0.25) is 4.79 Å². The normalized spacial score (nSPS) is 25.0. The van der Waals surface area contributed by atoms with Crippen LogP contribution in [0.25, 0.3) is 0 Å². The molecule has 110 valence electrons. The SMILES string of the molecule is N#Cc1ccc(N2C3CCC2CC(=O)C3)cc1C(F)(F)F. The average Bonchev–Trinajstić information content (AvgIpc) is 2.69. The molecule has 0 saturated carbocycles. The van der Waals surface area contributed by atoms with Crippen LogP contribution in [-0.4, -0.2) is 17.9 Å². The van der Waals surface area contributed by atoms with Crippen LogP contribution in [0.15, 0.2) is 18.2 Å². The molecule has 0 amide bonds. The highest BCUT2D eigenvalue weighted by Gasteiger charge is 2.41. The van der Waals surface area contributed by atoms with Gasteiger partial charge in [-0.15, -0.1) is 0 Å². The molecule has 2 aliphatic heterocycles. The van der Waals surface area contributed by atoms with Gasteiger partial charge in [0, 0.05) is 30.6 Å². The number of piperidine rings is 1. The number of hydrogen-bond acceptors (Lipinski definition) is 3. The van der Waals surface area contributed by atoms with E-state index in [0.29, 0.717) is 18.5 Å². The number of nitriles is 1. The molecule has 2 atom stereocenters. The van der Waals surface area contributed by atoms with Crippen molar-refractivity contribution < 1.29 is 18.0 Å². The van der Waals surface area contributed by atoms with Crippen molar-refractivity contribution in [3.63, 3.8) is 0 Å². The van der Waals surface area contributed by atoms with E-state index >= 15 is 0 Å². The zero-order chi connectivity index (χ0) is 15.2. The van der Waals surface area contributed by atoms with Crippen molar-refractivity contribution >= 4 is 11.5 Å². The summed E-state index contributed by atoms with van der Waals surface area (Å²) in [6.45, 7) is 0. The van der Waals surface area contributed by atoms with Crippen LogP contribution in [0.4, 0.5) is 18.9 Å². The Hall–Kier alpha value is -2.03. The van der Waals surface area contributed by atoms with Crippen LogP contribution in [0.3, 0.4) is 0 Å². The van der Waals surface area contributed by atoms with E-state index in [9.17, 15) is 18.0 Å². The molecule has 0 N–H and O–H groups in total. The largest absolute Gasteiger partial charge is 0.417 e. The molecule has 0 radical (unpaired) electrons. The lowest BCUT2D eigenvalue weighted by atomic mass is 9.99. The van der Waals surface area contributed by atoms with E-state index in [2.05, 4.69) is 0 Å². The molecule has 21 heavy (non-hydrogen) atoms. The number of fused-ring (bicyclic) bond motifs is 2. The smallest absolute Gasteiger partial charge is 0.365 e. The van der Waals surface area contributed by atoms with Gasteiger partial charge in [-0.05, 0) is 31.0 Å². The number of rotatable bonds is 1. The number of halogens is 3. The summed E-state index contributed by atoms with van der Waals surface area (Å²) in [5.74, 6) is 0.184. The van der Waals surface area contributed by atoms with Gasteiger partial charge in [-0.25, -0.2) is 0 Å². The number of Topliss-reactive ketones (excluding diaryl/α,β-unsaturated/α-hetero) is 1. The number of nitrogens with zero attached hydrogens (tertiary/aromatic N) is 2. The Balaban J connectivity index is 2.01. The Bertz CT molecular complexity index is 617. The molecule has 3 nitrogen and oxygen atoms in total. The van der Waals surface area contributed by atoms with Crippen molar-refractivity contribution in [2.45, 2.75) is 43.9 Å². The summed E-state index contributed by atoms with van der Waals surface area (Å²) in [6, 6.07) is 5.37. The average molecular weight is 294 g/mol. The lowest BCUT2D eigenvalue weighted by Crippen LogP contribution is -2.43. The van der Waals surface area contributed by atoms with Crippen LogP contribution in [0, 0.1) is 11.3 Å². The van der Waals surface area contributed by atoms with Crippen LogP contribution in [0.2, 0.25) is 0 Å². The molecule has 2 aliphatic rings. The maximum Gasteiger partial charge on any atom is 0.417 e. The molecule has 2 fully saturated rings. The summed E-state index contributed by atoms with van der Waals surface area (Å²) in [6.07, 6.45) is -2.09. The fraction of sp³-hybridized carbons (Fsp3) is 0.467. The highest BCUT2D eigenvalue weighted by molar-refractivity contribution is 5.83. The monoisotopic (exact) mass is 294 g/mol. The van der Waals surface area contributed by atoms with Crippen molar-refractivity contribution in [3.05, 3.63) is 29.3 Å². The molecule has 0 aliphatic carbocycles. The van der Waals surface area contributed by atoms with Crippen molar-refractivity contribution in [2.75, 3.05) is 4.90 Å². The number of carbonyl (C=O) groups is 1. The molecule has 0 aromatic heterocycles. The minimum absolute atomic E-state index is 0.00901. The van der Waals surface area contributed by atoms with E-state index < -0.39 is 11.7 Å². The highest BCUT2D eigenvalue weighted by atomic mass is 19.4. The molecule has 2 saturated heterocycles. The van der Waals surface area contributed by atoms with E-state index in [0.717, 1.165) is 18.9 Å². The van der Waals surface area contributed by atoms with Gasteiger partial charge in [0.05, 0.1) is 17.2 Å². The molecule has 2 bridgehead atoms. The summed E-state index contributed by atoms with van der Waals surface area (Å²) in [5.41, 5.74) is -0.813. The maximum absolute atomic E-state index is 13.0. The highest BCUT2D eigenvalue weighted by Crippen LogP contribution is 2.41. The number of ketones is 1. The second-order valence-corrected chi connectivity index (χ2v) is 5.58. The summed E-state index contributed by atoms with van der Waals surface area (Å²) >= 11 is 0. The van der Waals surface area contributed by atoms with Gasteiger partial charge in [0.25, 0.3) is 0 Å². The van der Waals surface area contributed by atoms with Gasteiger partial charge in [0.2, 0.25) is 0 Å². The Morgan fingerprint density at radius 2 is 1.81 bits per heavy atom. The molecule has 1 aromatic rings. The first kappa shape index (κ1) is 13.9. The van der Waals surface area contributed by atoms with Crippen molar-refractivity contribution in [1.29, 1.82) is 5.26 Å². The van der Waals surface area contributed by atoms with Gasteiger partial charge in [0.15, 0.2) is 0 Å². The van der Waals surface area contributed by atoms with Crippen LogP contribution in [0.5, 0.6) is 0 Å². The third-order valence-corrected chi connectivity index (χ3v) is 4.27. The number of alkyl halides is 3. The van der Waals surface area contributed by atoms with Gasteiger partial charge < -0.3 is 4.90 Å². The molecular weight excluding hydrogens is 281 g/mol. The molecule has 0 spiro atoms. The van der Waals surface area contributed by atoms with E-state index in [1.165, 1.54) is 6.07 Å². The Labute approximate surface area is 120 Å². The van der Waals surface area contributed by atoms with Gasteiger partial charge in [-0.1, -0.05) is 0 Å². The van der Waals surface area contributed by atoms with Gasteiger partial charge in [-0.2, -0.15) is 18.4 Å². The fourth-order valence-corrected chi connectivity index (χ4v) is 3.42. The predicted octanol–water partition coefficient (Wildman–Crippen LogP) is 3.28. The minimum Gasteiger partial charge on any atom is -0.365 e. The van der Waals surface area contributed by atoms with Crippen molar-refractivity contribution in [3.8, 4) is 6.07 Å². The Morgan fingerprint density at radius 1 is 1.19 bits per heavy atom. The van der Waals surface area contributed by atoms with Crippen molar-refractivity contribution in [2.24, 2.45) is 0 Å². The number of benzene rings is 1. The Morgan fingerprint density at radius 3 is 2.33 bits per heavy atom. The number of carbonyl (C=O) groups excluding carboxylic acids is 1. The zero-order valence-electron chi connectivity index (χ0n) is 11.2. The van der Waals surface area contributed by atoms with E-state index in [4.69, 9.17) is 5.26 Å². The van der Waals surface area contributed by atoms with Crippen LogP contribution in [0.1, 0.15) is 36.8 Å². The first-order valence-corrected chi connectivity index (χ1v) is 6.81. The fourth-order valence-electron chi connectivity index (χ4n) is 3.42. The third kappa shape index (κ3) is 2.37. The summed E-state index contributed by atoms with van der Waals surface area (Å²) in [4.78, 5) is 13.5. The minimum atomic E-state index is -4.55. The molecule has 2 heterocycles. The molecule has 1 aromatic carbocycles. The first-order chi connectivity index (χ1) is 9.90. The lowest BCUT2D eigenvalue weighted by molar-refractivity contribution is -0.137. The van der Waals surface area contributed by atoms with E-state index in [-0.39, 0.29) is 23.4 Å². The summed E-state index contributed by atoms with van der Waals surface area (Å²) in [5, 5.41) is 8.83. The van der Waals surface area contributed by atoms with Crippen LogP contribution >= 0.6 is 0 Å². The molecular formula is C15H13F3N2O. The summed E-state index contributed by atoms with van der Waals surface area (Å²) < 4.78 is 39.1. The van der Waals surface area contributed by atoms with Gasteiger partial charge >= 0.3 is 6.18 Å². The van der Waals surface area contributed by atoms with Crippen LogP contribution in [-0.2, 0) is 11.0 Å². The second kappa shape index (κ2) is 4.76. The second-order valence-electron chi connectivity index (χ2n) is 5.58. The van der Waals surface area contributed by atoms with Crippen LogP contribution < -0.4 is 4.90 Å². The summed E-state index contributed by atoms with van der Waals surface area (Å²) in [7, 11) is 0. The van der Waals surface area contributed by atoms with Crippen molar-refractivity contribution in [1.82, 2.24) is 0 Å². The van der Waals surface area contributed by atoms with E-state index in [1.807, 2.05) is 4.90 Å². The standard InChI is InChI=1S/C15H13F3N2O/c16-15(17,18)14-7-12(2-1-9(14)8-19)20-10-3-4-11(20)6-13(21)5-10/h1-2,7,10-11H,3-6H2. The lowest BCUT2D eigenvalue weighted by Gasteiger charge is -2.36. The quantitative estimate of drug-likeness (QED) is 0.798. The number of hydrogen-bond donors (Lipinski definition) is 0. The third-order valence-electron chi connectivity index (χ3n) is 4.27. The van der Waals surface area contributed by atoms with E-state index in [1.54, 1.807) is 12.1 Å². The first-order valence-electron chi connectivity index (χ1n) is 6.81. The van der Waals surface area contributed by atoms with Gasteiger partial charge in [0.1, 0.15) is 5.78 Å². The molecule has 3 rings (SSSR count). The molecule has 2 unspecified atom stereocenters.